The molecule has 0 heterocycles. The number of hydrogen-bond donors (Lipinski definition) is 2. The van der Waals surface area contributed by atoms with Crippen molar-refractivity contribution in [1.29, 1.82) is 0 Å². The van der Waals surface area contributed by atoms with Crippen molar-refractivity contribution in [3.05, 3.63) is 29.6 Å². The molecule has 1 aromatic rings. The minimum Gasteiger partial charge on any atom is -0.508 e. The van der Waals surface area contributed by atoms with Crippen molar-refractivity contribution in [1.82, 2.24) is 5.32 Å². The molecule has 0 bridgehead atoms. The second-order valence-corrected chi connectivity index (χ2v) is 5.27. The third-order valence-corrected chi connectivity index (χ3v) is 3.26. The van der Waals surface area contributed by atoms with Gasteiger partial charge in [-0.2, -0.15) is 0 Å². The first-order valence-corrected chi connectivity index (χ1v) is 6.91. The lowest BCUT2D eigenvalue weighted by Gasteiger charge is -2.18. The lowest BCUT2D eigenvalue weighted by Crippen LogP contribution is -2.37. The summed E-state index contributed by atoms with van der Waals surface area (Å²) in [5.74, 6) is -0.927. The maximum atomic E-state index is 13.5. The van der Waals surface area contributed by atoms with E-state index in [1.54, 1.807) is 0 Å². The van der Waals surface area contributed by atoms with Gasteiger partial charge in [-0.1, -0.05) is 29.8 Å². The predicted octanol–water partition coefficient (Wildman–Crippen LogP) is 3.07. The van der Waals surface area contributed by atoms with Crippen LogP contribution in [0.15, 0.2) is 18.2 Å². The van der Waals surface area contributed by atoms with Gasteiger partial charge in [0.15, 0.2) is 0 Å². The minimum absolute atomic E-state index is 0.0364. The quantitative estimate of drug-likeness (QED) is 0.820. The molecule has 0 spiro atoms. The molecule has 0 aliphatic heterocycles. The Kier molecular flexibility index (Phi) is 5.59. The molecule has 0 radical (unpaired) electrons. The van der Waals surface area contributed by atoms with E-state index in [2.05, 4.69) is 35.1 Å². The highest BCUT2D eigenvalue weighted by molar-refractivity contribution is 9.09. The topological polar surface area (TPSA) is 49.3 Å². The molecule has 3 nitrogen and oxygen atoms in total. The van der Waals surface area contributed by atoms with Crippen LogP contribution in [-0.2, 0) is 0 Å². The highest BCUT2D eigenvalue weighted by atomic mass is 79.9. The van der Waals surface area contributed by atoms with Crippen LogP contribution in [-0.4, -0.2) is 22.4 Å². The van der Waals surface area contributed by atoms with Crippen LogP contribution in [0.3, 0.4) is 0 Å². The number of carbonyl (C=O) groups is 1. The molecule has 0 aromatic heterocycles. The van der Waals surface area contributed by atoms with Crippen LogP contribution in [0.4, 0.5) is 4.39 Å². The third-order valence-electron chi connectivity index (χ3n) is 2.47. The summed E-state index contributed by atoms with van der Waals surface area (Å²) in [5, 5.41) is 12.5. The van der Waals surface area contributed by atoms with Crippen LogP contribution in [0, 0.1) is 11.7 Å². The second-order valence-electron chi connectivity index (χ2n) is 4.62. The molecule has 0 aliphatic rings. The van der Waals surface area contributed by atoms with E-state index in [4.69, 9.17) is 5.11 Å². The minimum atomic E-state index is -0.717. The maximum Gasteiger partial charge on any atom is 0.254 e. The largest absolute Gasteiger partial charge is 0.508 e. The van der Waals surface area contributed by atoms with E-state index in [1.807, 2.05) is 0 Å². The van der Waals surface area contributed by atoms with Gasteiger partial charge in [0.05, 0.1) is 5.56 Å². The van der Waals surface area contributed by atoms with Gasteiger partial charge in [-0.15, -0.1) is 0 Å². The van der Waals surface area contributed by atoms with Crippen LogP contribution in [0.5, 0.6) is 5.75 Å². The fourth-order valence-electron chi connectivity index (χ4n) is 1.68. The van der Waals surface area contributed by atoms with Gasteiger partial charge in [0, 0.05) is 17.4 Å². The van der Waals surface area contributed by atoms with Gasteiger partial charge in [-0.25, -0.2) is 4.39 Å². The number of phenols is 1. The van der Waals surface area contributed by atoms with Crippen LogP contribution in [0.1, 0.15) is 30.6 Å². The van der Waals surface area contributed by atoms with Crippen LogP contribution in [0.2, 0.25) is 0 Å². The van der Waals surface area contributed by atoms with Gasteiger partial charge in [-0.3, -0.25) is 4.79 Å². The molecule has 1 atom stereocenters. The zero-order chi connectivity index (χ0) is 13.7. The molecule has 0 saturated heterocycles. The Balaban J connectivity index is 2.74. The standard InChI is InChI=1S/C13H17BrFNO2/c1-8(2)5-9(7-14)16-13(18)11-4-3-10(17)6-12(11)15/h3-4,6,8-9,17H,5,7H2,1-2H3,(H,16,18). The molecule has 2 N–H and O–H groups in total. The summed E-state index contributed by atoms with van der Waals surface area (Å²) in [5.41, 5.74) is -0.0532. The van der Waals surface area contributed by atoms with Gasteiger partial charge in [0.2, 0.25) is 0 Å². The molecule has 0 aliphatic carbocycles. The SMILES string of the molecule is CC(C)CC(CBr)NC(=O)c1ccc(O)cc1F. The Hall–Kier alpha value is -1.10. The van der Waals surface area contributed by atoms with E-state index in [0.717, 1.165) is 12.5 Å². The molecule has 5 heteroatoms. The summed E-state index contributed by atoms with van der Waals surface area (Å²) >= 11 is 3.33. The number of hydrogen-bond acceptors (Lipinski definition) is 2. The number of alkyl halides is 1. The summed E-state index contributed by atoms with van der Waals surface area (Å²) in [6.45, 7) is 4.12. The van der Waals surface area contributed by atoms with Crippen LogP contribution < -0.4 is 5.32 Å². The van der Waals surface area contributed by atoms with E-state index in [9.17, 15) is 9.18 Å². The summed E-state index contributed by atoms with van der Waals surface area (Å²) < 4.78 is 13.5. The summed E-state index contributed by atoms with van der Waals surface area (Å²) in [7, 11) is 0. The number of amides is 1. The Morgan fingerprint density at radius 1 is 1.50 bits per heavy atom. The predicted molar refractivity (Wildman–Crippen MR) is 72.6 cm³/mol. The number of benzene rings is 1. The first kappa shape index (κ1) is 15.0. The smallest absolute Gasteiger partial charge is 0.254 e. The van der Waals surface area contributed by atoms with Crippen molar-refractivity contribution in [3.8, 4) is 5.75 Å². The van der Waals surface area contributed by atoms with Crippen molar-refractivity contribution in [2.75, 3.05) is 5.33 Å². The van der Waals surface area contributed by atoms with Crippen molar-refractivity contribution in [2.45, 2.75) is 26.3 Å². The highest BCUT2D eigenvalue weighted by Gasteiger charge is 2.17. The van der Waals surface area contributed by atoms with E-state index in [-0.39, 0.29) is 17.4 Å². The van der Waals surface area contributed by atoms with Gasteiger partial charge < -0.3 is 10.4 Å². The van der Waals surface area contributed by atoms with Gasteiger partial charge in [0.1, 0.15) is 11.6 Å². The zero-order valence-corrected chi connectivity index (χ0v) is 12.0. The van der Waals surface area contributed by atoms with E-state index >= 15 is 0 Å². The molecule has 1 rings (SSSR count). The summed E-state index contributed by atoms with van der Waals surface area (Å²) in [6.07, 6.45) is 0.816. The van der Waals surface area contributed by atoms with Gasteiger partial charge >= 0.3 is 0 Å². The zero-order valence-electron chi connectivity index (χ0n) is 10.4. The number of phenolic OH excluding ortho intramolecular Hbond substituents is 1. The fourth-order valence-corrected chi connectivity index (χ4v) is 2.11. The Morgan fingerprint density at radius 2 is 2.17 bits per heavy atom. The summed E-state index contributed by atoms with van der Waals surface area (Å²) in [6, 6.07) is 3.47. The molecule has 100 valence electrons. The third kappa shape index (κ3) is 4.29. The fraction of sp³-hybridized carbons (Fsp3) is 0.462. The number of halogens is 2. The first-order chi connectivity index (χ1) is 8.43. The molecular weight excluding hydrogens is 301 g/mol. The van der Waals surface area contributed by atoms with E-state index in [0.29, 0.717) is 11.2 Å². The number of carbonyl (C=O) groups excluding carboxylic acids is 1. The second kappa shape index (κ2) is 6.73. The van der Waals surface area contributed by atoms with E-state index < -0.39 is 11.7 Å². The number of nitrogens with one attached hydrogen (secondary N) is 1. The Labute approximate surface area is 115 Å². The molecule has 1 unspecified atom stereocenters. The summed E-state index contributed by atoms with van der Waals surface area (Å²) in [4.78, 5) is 11.9. The van der Waals surface area contributed by atoms with Gasteiger partial charge in [0.25, 0.3) is 5.91 Å². The molecule has 0 saturated carbocycles. The van der Waals surface area contributed by atoms with Crippen LogP contribution in [0.25, 0.3) is 0 Å². The van der Waals surface area contributed by atoms with Crippen molar-refractivity contribution < 1.29 is 14.3 Å². The van der Waals surface area contributed by atoms with Crippen molar-refractivity contribution in [2.24, 2.45) is 5.92 Å². The van der Waals surface area contributed by atoms with Crippen molar-refractivity contribution in [3.63, 3.8) is 0 Å². The average Bonchev–Trinajstić information content (AvgIpc) is 2.27. The van der Waals surface area contributed by atoms with Gasteiger partial charge in [-0.05, 0) is 24.5 Å². The Bertz CT molecular complexity index is 423. The average molecular weight is 318 g/mol. The maximum absolute atomic E-state index is 13.5. The number of rotatable bonds is 5. The number of aromatic hydroxyl groups is 1. The van der Waals surface area contributed by atoms with E-state index in [1.165, 1.54) is 12.1 Å². The first-order valence-electron chi connectivity index (χ1n) is 5.79. The molecule has 1 aromatic carbocycles. The lowest BCUT2D eigenvalue weighted by molar-refractivity contribution is 0.0933. The van der Waals surface area contributed by atoms with Crippen LogP contribution >= 0.6 is 15.9 Å². The lowest BCUT2D eigenvalue weighted by atomic mass is 10.0. The van der Waals surface area contributed by atoms with Crippen molar-refractivity contribution >= 4 is 21.8 Å². The molecule has 0 fully saturated rings. The highest BCUT2D eigenvalue weighted by Crippen LogP contribution is 2.16. The Morgan fingerprint density at radius 3 is 2.67 bits per heavy atom. The molecule has 18 heavy (non-hydrogen) atoms. The normalized spacial score (nSPS) is 12.5. The molecular formula is C13H17BrFNO2. The monoisotopic (exact) mass is 317 g/mol. The molecule has 1 amide bonds.